The number of ketones is 1. The molecule has 0 bridgehead atoms. The number of carbonyl (C=O) groups excluding carboxylic acids is 1. The van der Waals surface area contributed by atoms with Crippen LogP contribution in [0.25, 0.3) is 16.6 Å². The van der Waals surface area contributed by atoms with E-state index in [-0.39, 0.29) is 23.0 Å². The Labute approximate surface area is 254 Å². The summed E-state index contributed by atoms with van der Waals surface area (Å²) in [7, 11) is 0. The molecule has 0 aliphatic heterocycles. The average Bonchev–Trinajstić information content (AvgIpc) is 3.60. The smallest absolute Gasteiger partial charge is 0.214 e. The first kappa shape index (κ1) is 27.2. The number of H-pyrrole nitrogens is 1. The molecule has 0 atom stereocenters. The minimum Gasteiger partial charge on any atom is -0.456 e. The molecule has 9 heteroatoms. The molecule has 0 amide bonds. The van der Waals surface area contributed by atoms with Gasteiger partial charge >= 0.3 is 0 Å². The van der Waals surface area contributed by atoms with Crippen LogP contribution < -0.4 is 10.5 Å². The molecule has 206 valence electrons. The van der Waals surface area contributed by atoms with Gasteiger partial charge in [0.25, 0.3) is 0 Å². The number of nitrogens with zero attached hydrogens (tertiary/aromatic N) is 3. The first-order valence-electron chi connectivity index (χ1n) is 13.0. The van der Waals surface area contributed by atoms with Gasteiger partial charge in [0.05, 0.1) is 38.3 Å². The zero-order valence-electron chi connectivity index (χ0n) is 22.4. The standard InChI is InChI=1S/C33H23FIN5O2/c1-19-13-23(42-30-10-4-8-26(34)31(30)35)11-12-29(19)40-33(37)25(18-38-40)32(41)28-16-24-22(7-3-9-27(24)39-28)15-20-5-2-6-21(14-20)17-36/h2-14,16,18,39H,15,37H2,1H3. The molecule has 6 aromatic rings. The van der Waals surface area contributed by atoms with E-state index in [1.807, 2.05) is 78.0 Å². The summed E-state index contributed by atoms with van der Waals surface area (Å²) < 4.78 is 21.7. The van der Waals surface area contributed by atoms with Crippen molar-refractivity contribution in [1.82, 2.24) is 14.8 Å². The van der Waals surface area contributed by atoms with Gasteiger partial charge in [0, 0.05) is 10.9 Å². The van der Waals surface area contributed by atoms with Crippen LogP contribution in [0.1, 0.15) is 38.3 Å². The molecule has 0 aliphatic rings. The summed E-state index contributed by atoms with van der Waals surface area (Å²) in [5.41, 5.74) is 12.1. The number of aromatic nitrogens is 3. The third kappa shape index (κ3) is 5.12. The second-order valence-electron chi connectivity index (χ2n) is 9.84. The monoisotopic (exact) mass is 667 g/mol. The van der Waals surface area contributed by atoms with Gasteiger partial charge in [0.2, 0.25) is 5.78 Å². The van der Waals surface area contributed by atoms with E-state index in [1.54, 1.807) is 30.3 Å². The molecule has 0 radical (unpaired) electrons. The Morgan fingerprint density at radius 3 is 2.71 bits per heavy atom. The minimum atomic E-state index is -0.348. The molecule has 7 nitrogen and oxygen atoms in total. The Balaban J connectivity index is 1.27. The van der Waals surface area contributed by atoms with E-state index in [1.165, 1.54) is 16.9 Å². The number of nitrogen functional groups attached to an aromatic ring is 1. The van der Waals surface area contributed by atoms with Gasteiger partial charge in [-0.3, -0.25) is 4.79 Å². The lowest BCUT2D eigenvalue weighted by Gasteiger charge is -2.12. The number of hydrogen-bond donors (Lipinski definition) is 2. The van der Waals surface area contributed by atoms with Crippen molar-refractivity contribution in [2.75, 3.05) is 5.73 Å². The molecule has 0 unspecified atom stereocenters. The Morgan fingerprint density at radius 1 is 1.10 bits per heavy atom. The summed E-state index contributed by atoms with van der Waals surface area (Å²) in [4.78, 5) is 16.8. The minimum absolute atomic E-state index is 0.212. The lowest BCUT2D eigenvalue weighted by Crippen LogP contribution is -2.08. The number of ether oxygens (including phenoxy) is 1. The number of hydrogen-bond acceptors (Lipinski definition) is 5. The fraction of sp³-hybridized carbons (Fsp3) is 0.0606. The summed E-state index contributed by atoms with van der Waals surface area (Å²) in [6.07, 6.45) is 2.09. The third-order valence-corrected chi connectivity index (χ3v) is 8.09. The predicted octanol–water partition coefficient (Wildman–Crippen LogP) is 7.47. The molecule has 0 spiro atoms. The summed E-state index contributed by atoms with van der Waals surface area (Å²) in [5.74, 6) is 0.551. The highest BCUT2D eigenvalue weighted by Gasteiger charge is 2.21. The lowest BCUT2D eigenvalue weighted by molar-refractivity contribution is 0.103. The zero-order chi connectivity index (χ0) is 29.4. The highest BCUT2D eigenvalue weighted by Crippen LogP contribution is 2.31. The SMILES string of the molecule is Cc1cc(Oc2cccc(F)c2I)ccc1-n1ncc(C(=O)c2cc3c(Cc4cccc(C#N)c4)cccc3[nH]2)c1N. The Bertz CT molecular complexity index is 2040. The molecule has 0 fully saturated rings. The lowest BCUT2D eigenvalue weighted by atomic mass is 10.00. The van der Waals surface area contributed by atoms with Gasteiger partial charge in [-0.1, -0.05) is 30.3 Å². The van der Waals surface area contributed by atoms with Crippen molar-refractivity contribution in [3.63, 3.8) is 0 Å². The molecular weight excluding hydrogens is 644 g/mol. The van der Waals surface area contributed by atoms with Crippen molar-refractivity contribution < 1.29 is 13.9 Å². The zero-order valence-corrected chi connectivity index (χ0v) is 24.5. The summed E-state index contributed by atoms with van der Waals surface area (Å²) in [6, 6.07) is 27.4. The van der Waals surface area contributed by atoms with Crippen molar-refractivity contribution in [3.05, 3.63) is 134 Å². The maximum absolute atomic E-state index is 13.9. The fourth-order valence-corrected chi connectivity index (χ4v) is 5.42. The number of anilines is 1. The van der Waals surface area contributed by atoms with Crippen molar-refractivity contribution in [1.29, 1.82) is 5.26 Å². The first-order valence-corrected chi connectivity index (χ1v) is 14.1. The average molecular weight is 667 g/mol. The Hall–Kier alpha value is -4.95. The normalized spacial score (nSPS) is 11.0. The summed E-state index contributed by atoms with van der Waals surface area (Å²) >= 11 is 1.91. The number of nitrogens with two attached hydrogens (primary N) is 1. The molecule has 6 rings (SSSR count). The molecule has 42 heavy (non-hydrogen) atoms. The van der Waals surface area contributed by atoms with Crippen LogP contribution >= 0.6 is 22.6 Å². The van der Waals surface area contributed by atoms with Crippen LogP contribution in [-0.2, 0) is 6.42 Å². The van der Waals surface area contributed by atoms with E-state index >= 15 is 0 Å². The number of fused-ring (bicyclic) bond motifs is 1. The van der Waals surface area contributed by atoms with Gasteiger partial charge in [-0.15, -0.1) is 0 Å². The van der Waals surface area contributed by atoms with Gasteiger partial charge in [0.15, 0.2) is 0 Å². The Kier molecular flexibility index (Phi) is 7.22. The van der Waals surface area contributed by atoms with E-state index < -0.39 is 0 Å². The van der Waals surface area contributed by atoms with E-state index in [2.05, 4.69) is 16.2 Å². The maximum Gasteiger partial charge on any atom is 0.214 e. The largest absolute Gasteiger partial charge is 0.456 e. The van der Waals surface area contributed by atoms with Crippen molar-refractivity contribution in [2.24, 2.45) is 0 Å². The van der Waals surface area contributed by atoms with Crippen LogP contribution in [0, 0.1) is 27.6 Å². The number of aromatic amines is 1. The second-order valence-corrected chi connectivity index (χ2v) is 10.9. The number of nitriles is 1. The molecule has 0 aliphatic carbocycles. The van der Waals surface area contributed by atoms with Crippen molar-refractivity contribution in [2.45, 2.75) is 13.3 Å². The highest BCUT2D eigenvalue weighted by atomic mass is 127. The molecular formula is C33H23FIN5O2. The molecule has 0 saturated heterocycles. The third-order valence-electron chi connectivity index (χ3n) is 7.04. The van der Waals surface area contributed by atoms with Gasteiger partial charge in [0.1, 0.15) is 23.1 Å². The van der Waals surface area contributed by atoms with Crippen LogP contribution in [0.2, 0.25) is 0 Å². The topological polar surface area (TPSA) is 110 Å². The molecule has 0 saturated carbocycles. The van der Waals surface area contributed by atoms with E-state index in [0.29, 0.717) is 38.4 Å². The van der Waals surface area contributed by atoms with E-state index in [4.69, 9.17) is 10.5 Å². The number of aryl methyl sites for hydroxylation is 1. The quantitative estimate of drug-likeness (QED) is 0.136. The van der Waals surface area contributed by atoms with Gasteiger partial charge in [-0.2, -0.15) is 10.4 Å². The number of halogens is 2. The van der Waals surface area contributed by atoms with Crippen LogP contribution in [0.5, 0.6) is 11.5 Å². The van der Waals surface area contributed by atoms with Gasteiger partial charge < -0.3 is 15.5 Å². The van der Waals surface area contributed by atoms with E-state index in [9.17, 15) is 14.4 Å². The second kappa shape index (κ2) is 11.1. The first-order chi connectivity index (χ1) is 20.3. The van der Waals surface area contributed by atoms with Crippen LogP contribution in [-0.4, -0.2) is 20.5 Å². The number of nitrogens with one attached hydrogen (secondary N) is 1. The van der Waals surface area contributed by atoms with Crippen molar-refractivity contribution >= 4 is 45.1 Å². The summed E-state index contributed by atoms with van der Waals surface area (Å²) in [5, 5.41) is 14.6. The van der Waals surface area contributed by atoms with Crippen molar-refractivity contribution in [3.8, 4) is 23.3 Å². The van der Waals surface area contributed by atoms with Crippen LogP contribution in [0.15, 0.2) is 91.1 Å². The molecule has 2 heterocycles. The number of benzene rings is 4. The van der Waals surface area contributed by atoms with E-state index in [0.717, 1.165) is 27.6 Å². The maximum atomic E-state index is 13.9. The van der Waals surface area contributed by atoms with Gasteiger partial charge in [-0.05, 0) is 107 Å². The molecule has 4 aromatic carbocycles. The Morgan fingerprint density at radius 2 is 1.90 bits per heavy atom. The number of carbonyl (C=O) groups is 1. The highest BCUT2D eigenvalue weighted by molar-refractivity contribution is 14.1. The number of rotatable bonds is 7. The molecule has 2 aromatic heterocycles. The molecule has 3 N–H and O–H groups in total. The van der Waals surface area contributed by atoms with Crippen LogP contribution in [0.4, 0.5) is 10.2 Å². The van der Waals surface area contributed by atoms with Gasteiger partial charge in [-0.25, -0.2) is 9.07 Å². The fourth-order valence-electron chi connectivity index (χ4n) is 4.95. The predicted molar refractivity (Wildman–Crippen MR) is 168 cm³/mol. The summed E-state index contributed by atoms with van der Waals surface area (Å²) in [6.45, 7) is 1.88. The van der Waals surface area contributed by atoms with Crippen LogP contribution in [0.3, 0.4) is 0 Å².